The lowest BCUT2D eigenvalue weighted by Crippen LogP contribution is -2.47. The van der Waals surface area contributed by atoms with Crippen molar-refractivity contribution >= 4 is 44.0 Å². The van der Waals surface area contributed by atoms with Crippen LogP contribution in [-0.2, 0) is 10.0 Å². The van der Waals surface area contributed by atoms with Crippen molar-refractivity contribution in [3.8, 4) is 11.5 Å². The molecule has 0 bridgehead atoms. The maximum absolute atomic E-state index is 13.9. The number of carbonyl (C=O) groups is 1. The van der Waals surface area contributed by atoms with Gasteiger partial charge in [-0.15, -0.1) is 0 Å². The van der Waals surface area contributed by atoms with Crippen LogP contribution in [0.25, 0.3) is 11.0 Å². The number of alkyl halides is 3. The lowest BCUT2D eigenvalue weighted by Gasteiger charge is -2.39. The zero-order valence-corrected chi connectivity index (χ0v) is 36.8. The van der Waals surface area contributed by atoms with E-state index < -0.39 is 43.2 Å². The van der Waals surface area contributed by atoms with Crippen molar-refractivity contribution in [3.63, 3.8) is 0 Å². The van der Waals surface area contributed by atoms with Crippen molar-refractivity contribution in [2.24, 2.45) is 17.3 Å². The Hall–Kier alpha value is -5.42. The molecule has 1 saturated carbocycles. The second-order valence-corrected chi connectivity index (χ2v) is 19.8. The first-order valence-corrected chi connectivity index (χ1v) is 23.1. The van der Waals surface area contributed by atoms with Crippen molar-refractivity contribution in [1.82, 2.24) is 19.6 Å². The first kappa shape index (κ1) is 45.6. The van der Waals surface area contributed by atoms with E-state index in [9.17, 15) is 36.5 Å². The fourth-order valence-corrected chi connectivity index (χ4v) is 9.86. The van der Waals surface area contributed by atoms with Crippen molar-refractivity contribution in [2.75, 3.05) is 49.5 Å². The normalized spacial score (nSPS) is 19.8. The van der Waals surface area contributed by atoms with Crippen LogP contribution >= 0.6 is 0 Å². The van der Waals surface area contributed by atoms with Gasteiger partial charge < -0.3 is 19.9 Å². The SMILES string of the molecule is C=C(CCC1=C(CN2CCN(c3ccc(C(=O)NS(=O)(=O)c4ccc(NC[C@H]5CC[C@@H](C)CC5)c([N+](=O)[O-])c4)c(Oc4cnc5[nH]ccc5c4)c3)CC2)CCC(C)(C)C1)C(F)(F)F. The summed E-state index contributed by atoms with van der Waals surface area (Å²) >= 11 is 0. The van der Waals surface area contributed by atoms with Gasteiger partial charge in [0, 0.05) is 74.2 Å². The minimum absolute atomic E-state index is 0.0182. The maximum atomic E-state index is 13.9. The molecule has 1 aliphatic heterocycles. The molecule has 1 saturated heterocycles. The van der Waals surface area contributed by atoms with Gasteiger partial charge in [0.2, 0.25) is 0 Å². The van der Waals surface area contributed by atoms with E-state index in [1.807, 2.05) is 6.07 Å². The van der Waals surface area contributed by atoms with Gasteiger partial charge in [0.25, 0.3) is 21.6 Å². The number of sulfonamides is 1. The van der Waals surface area contributed by atoms with E-state index in [1.165, 1.54) is 30.0 Å². The average molecular weight is 892 g/mol. The van der Waals surface area contributed by atoms with Gasteiger partial charge in [0.1, 0.15) is 22.8 Å². The number of amides is 1. The molecule has 3 heterocycles. The van der Waals surface area contributed by atoms with Crippen LogP contribution in [0.4, 0.5) is 30.2 Å². The molecule has 2 aromatic heterocycles. The van der Waals surface area contributed by atoms with Crippen LogP contribution in [0.15, 0.2) is 89.1 Å². The zero-order valence-electron chi connectivity index (χ0n) is 36.0. The van der Waals surface area contributed by atoms with Crippen molar-refractivity contribution in [2.45, 2.75) is 89.6 Å². The van der Waals surface area contributed by atoms with E-state index in [-0.39, 0.29) is 28.8 Å². The fraction of sp³-hybridized carbons (Fsp3) is 0.478. The molecule has 13 nitrogen and oxygen atoms in total. The molecule has 0 unspecified atom stereocenters. The molecule has 338 valence electrons. The van der Waals surface area contributed by atoms with Gasteiger partial charge in [0.15, 0.2) is 0 Å². The summed E-state index contributed by atoms with van der Waals surface area (Å²) in [7, 11) is -4.58. The van der Waals surface area contributed by atoms with Gasteiger partial charge >= 0.3 is 6.18 Å². The predicted octanol–water partition coefficient (Wildman–Crippen LogP) is 10.1. The second kappa shape index (κ2) is 18.7. The van der Waals surface area contributed by atoms with Crippen molar-refractivity contribution in [3.05, 3.63) is 99.9 Å². The Morgan fingerprint density at radius 2 is 1.79 bits per heavy atom. The molecule has 0 spiro atoms. The second-order valence-electron chi connectivity index (χ2n) is 18.2. The average Bonchev–Trinajstić information content (AvgIpc) is 3.71. The number of nitro groups is 1. The van der Waals surface area contributed by atoms with Crippen LogP contribution in [0.5, 0.6) is 11.5 Å². The predicted molar refractivity (Wildman–Crippen MR) is 238 cm³/mol. The lowest BCUT2D eigenvalue weighted by atomic mass is 9.73. The highest BCUT2D eigenvalue weighted by Gasteiger charge is 2.34. The van der Waals surface area contributed by atoms with E-state index in [0.717, 1.165) is 67.7 Å². The molecule has 17 heteroatoms. The number of ether oxygens (including phenoxy) is 1. The number of benzene rings is 2. The summed E-state index contributed by atoms with van der Waals surface area (Å²) in [6, 6.07) is 12.0. The summed E-state index contributed by atoms with van der Waals surface area (Å²) in [5.74, 6) is 0.399. The zero-order chi connectivity index (χ0) is 45.1. The highest BCUT2D eigenvalue weighted by molar-refractivity contribution is 7.90. The number of anilines is 2. The van der Waals surface area contributed by atoms with E-state index in [1.54, 1.807) is 24.4 Å². The number of nitrogens with zero attached hydrogens (tertiary/aromatic N) is 4. The Morgan fingerprint density at radius 3 is 2.51 bits per heavy atom. The molecule has 2 fully saturated rings. The Morgan fingerprint density at radius 1 is 1.05 bits per heavy atom. The molecule has 2 aliphatic carbocycles. The van der Waals surface area contributed by atoms with Crippen LogP contribution in [-0.4, -0.2) is 79.6 Å². The number of nitrogens with one attached hydrogen (secondary N) is 3. The number of piperazine rings is 1. The quantitative estimate of drug-likeness (QED) is 0.0595. The summed E-state index contributed by atoms with van der Waals surface area (Å²) < 4.78 is 75.6. The van der Waals surface area contributed by atoms with Gasteiger partial charge in [-0.05, 0) is 98.6 Å². The Bertz CT molecular complexity index is 2490. The minimum atomic E-state index is -4.58. The highest BCUT2D eigenvalue weighted by atomic mass is 32.2. The monoisotopic (exact) mass is 891 g/mol. The first-order valence-electron chi connectivity index (χ1n) is 21.6. The number of rotatable bonds is 15. The topological polar surface area (TPSA) is 163 Å². The van der Waals surface area contributed by atoms with Crippen LogP contribution in [0.3, 0.4) is 0 Å². The van der Waals surface area contributed by atoms with E-state index in [2.05, 4.69) is 57.2 Å². The first-order chi connectivity index (χ1) is 29.8. The lowest BCUT2D eigenvalue weighted by molar-refractivity contribution is -0.384. The van der Waals surface area contributed by atoms with Gasteiger partial charge in [0.05, 0.1) is 21.6 Å². The summed E-state index contributed by atoms with van der Waals surface area (Å²) in [6.45, 7) is 13.6. The number of carbonyl (C=O) groups excluding carboxylic acids is 1. The Kier molecular flexibility index (Phi) is 13.6. The summed E-state index contributed by atoms with van der Waals surface area (Å²) in [4.78, 5) is 36.8. The number of H-pyrrole nitrogens is 1. The van der Waals surface area contributed by atoms with Gasteiger partial charge in [-0.1, -0.05) is 51.3 Å². The molecule has 0 radical (unpaired) electrons. The molecule has 4 aromatic rings. The molecule has 3 N–H and O–H groups in total. The number of hydrogen-bond acceptors (Lipinski definition) is 10. The summed E-state index contributed by atoms with van der Waals surface area (Å²) in [6.07, 6.45) is 5.82. The fourth-order valence-electron chi connectivity index (χ4n) is 8.88. The highest BCUT2D eigenvalue weighted by Crippen LogP contribution is 2.42. The molecule has 0 atom stereocenters. The van der Waals surface area contributed by atoms with Crippen LogP contribution in [0, 0.1) is 27.4 Å². The summed E-state index contributed by atoms with van der Waals surface area (Å²) in [5.41, 5.74) is 2.67. The van der Waals surface area contributed by atoms with Crippen molar-refractivity contribution in [1.29, 1.82) is 0 Å². The number of pyridine rings is 1. The molecular weight excluding hydrogens is 836 g/mol. The minimum Gasteiger partial charge on any atom is -0.455 e. The molecule has 2 aromatic carbocycles. The number of halogens is 3. The van der Waals surface area contributed by atoms with Gasteiger partial charge in [-0.3, -0.25) is 19.8 Å². The summed E-state index contributed by atoms with van der Waals surface area (Å²) in [5, 5.41) is 16.0. The third-order valence-corrected chi connectivity index (χ3v) is 14.1. The van der Waals surface area contributed by atoms with Crippen LogP contribution in [0.1, 0.15) is 88.9 Å². The molecular formula is C46H56F3N7O6S. The maximum Gasteiger partial charge on any atom is 0.412 e. The molecule has 1 amide bonds. The third-order valence-electron chi connectivity index (χ3n) is 12.8. The number of nitro benzene ring substituents is 1. The molecule has 63 heavy (non-hydrogen) atoms. The van der Waals surface area contributed by atoms with Crippen LogP contribution < -0.4 is 19.7 Å². The standard InChI is InChI=1S/C46H56F3N7O6S/c1-30-5-8-32(9-6-30)27-51-40-14-12-38(25-41(40)56(58)59)63(60,61)53-44(57)39-13-11-36(24-42(39)62-37-23-33-16-18-50-43(33)52-28-37)55-21-19-54(20-22-55)29-35-15-17-45(3,4)26-34(35)10-7-31(2)46(47,48)49/h11-14,16,18,23-25,28,30,32,51H,2,5-10,15,17,19-22,26-27,29H2,1,3-4H3,(H,50,52)(H,53,57)/t30-,32+. The third kappa shape index (κ3) is 11.4. The smallest absolute Gasteiger partial charge is 0.412 e. The Labute approximate surface area is 366 Å². The molecule has 7 rings (SSSR count). The van der Waals surface area contributed by atoms with Gasteiger partial charge in [-0.25, -0.2) is 18.1 Å². The van der Waals surface area contributed by atoms with E-state index in [4.69, 9.17) is 4.74 Å². The Balaban J connectivity index is 1.07. The number of aromatic amines is 1. The van der Waals surface area contributed by atoms with Gasteiger partial charge in [-0.2, -0.15) is 13.2 Å². The number of allylic oxidation sites excluding steroid dienone is 2. The van der Waals surface area contributed by atoms with E-state index >= 15 is 0 Å². The largest absolute Gasteiger partial charge is 0.455 e. The van der Waals surface area contributed by atoms with Crippen molar-refractivity contribution < 1.29 is 36.0 Å². The molecule has 3 aliphatic rings. The number of aromatic nitrogens is 2. The number of hydrogen-bond donors (Lipinski definition) is 3. The van der Waals surface area contributed by atoms with Crippen LogP contribution in [0.2, 0.25) is 0 Å². The van der Waals surface area contributed by atoms with E-state index in [0.29, 0.717) is 68.9 Å². The number of fused-ring (bicyclic) bond motifs is 1.